The first kappa shape index (κ1) is 14.5. The molecule has 1 rings (SSSR count). The summed E-state index contributed by atoms with van der Waals surface area (Å²) in [5, 5.41) is 2.72. The lowest BCUT2D eigenvalue weighted by Crippen LogP contribution is -2.15. The predicted molar refractivity (Wildman–Crippen MR) is 61.6 cm³/mol. The summed E-state index contributed by atoms with van der Waals surface area (Å²) in [6.07, 6.45) is -4.00. The lowest BCUT2D eigenvalue weighted by molar-refractivity contribution is -0.141. The molecule has 0 fully saturated rings. The van der Waals surface area contributed by atoms with Crippen LogP contribution in [0.5, 0.6) is 5.88 Å². The van der Waals surface area contributed by atoms with Crippen molar-refractivity contribution in [2.75, 3.05) is 11.9 Å². The molecule has 1 N–H and O–H groups in total. The van der Waals surface area contributed by atoms with Gasteiger partial charge < -0.3 is 10.1 Å². The van der Waals surface area contributed by atoms with Gasteiger partial charge in [-0.25, -0.2) is 4.98 Å². The molecule has 0 aromatic carbocycles. The minimum Gasteiger partial charge on any atom is -0.475 e. The van der Waals surface area contributed by atoms with Crippen LogP contribution in [0.15, 0.2) is 6.07 Å². The van der Waals surface area contributed by atoms with E-state index < -0.39 is 11.9 Å². The molecule has 0 radical (unpaired) electrons. The maximum absolute atomic E-state index is 12.6. The summed E-state index contributed by atoms with van der Waals surface area (Å²) < 4.78 is 43.1. The largest absolute Gasteiger partial charge is 0.475 e. The number of rotatable bonds is 5. The second-order valence-corrected chi connectivity index (χ2v) is 4.01. The van der Waals surface area contributed by atoms with Gasteiger partial charge in [0, 0.05) is 12.6 Å². The van der Waals surface area contributed by atoms with Crippen LogP contribution in [0.4, 0.5) is 19.1 Å². The third-order valence-electron chi connectivity index (χ3n) is 1.88. The van der Waals surface area contributed by atoms with Gasteiger partial charge in [0.15, 0.2) is 5.69 Å². The molecule has 7 heteroatoms. The number of ether oxygens (including phenoxy) is 1. The fraction of sp³-hybridized carbons (Fsp3) is 0.636. The molecule has 102 valence electrons. The van der Waals surface area contributed by atoms with Crippen LogP contribution >= 0.6 is 0 Å². The highest BCUT2D eigenvalue weighted by Gasteiger charge is 2.34. The number of anilines is 1. The molecule has 0 amide bonds. The Morgan fingerprint density at radius 2 is 2.00 bits per heavy atom. The molecular weight excluding hydrogens is 247 g/mol. The number of alkyl halides is 3. The summed E-state index contributed by atoms with van der Waals surface area (Å²) in [6, 6.07) is 0.803. The van der Waals surface area contributed by atoms with Crippen LogP contribution in [0.1, 0.15) is 32.9 Å². The van der Waals surface area contributed by atoms with Crippen molar-refractivity contribution < 1.29 is 17.9 Å². The predicted octanol–water partition coefficient (Wildman–Crippen LogP) is 3.10. The van der Waals surface area contributed by atoms with Crippen LogP contribution < -0.4 is 10.1 Å². The molecule has 4 nitrogen and oxygen atoms in total. The molecule has 0 unspecified atom stereocenters. The van der Waals surface area contributed by atoms with Crippen LogP contribution in [0, 0.1) is 0 Å². The Hall–Kier alpha value is -1.53. The van der Waals surface area contributed by atoms with Crippen molar-refractivity contribution >= 4 is 5.95 Å². The van der Waals surface area contributed by atoms with Gasteiger partial charge in [-0.05, 0) is 20.3 Å². The molecule has 1 heterocycles. The molecule has 0 saturated carbocycles. The van der Waals surface area contributed by atoms with E-state index in [1.54, 1.807) is 13.8 Å². The smallest absolute Gasteiger partial charge is 0.433 e. The molecule has 0 aliphatic heterocycles. The summed E-state index contributed by atoms with van der Waals surface area (Å²) in [6.45, 7) is 5.83. The van der Waals surface area contributed by atoms with E-state index in [4.69, 9.17) is 4.74 Å². The third kappa shape index (κ3) is 4.38. The third-order valence-corrected chi connectivity index (χ3v) is 1.88. The van der Waals surface area contributed by atoms with Gasteiger partial charge in [-0.1, -0.05) is 6.92 Å². The zero-order valence-electron chi connectivity index (χ0n) is 10.5. The Kier molecular flexibility index (Phi) is 4.75. The normalized spacial score (nSPS) is 11.7. The fourth-order valence-electron chi connectivity index (χ4n) is 1.19. The highest BCUT2D eigenvalue weighted by atomic mass is 19.4. The van der Waals surface area contributed by atoms with E-state index in [9.17, 15) is 13.2 Å². The first-order valence-electron chi connectivity index (χ1n) is 5.69. The van der Waals surface area contributed by atoms with Gasteiger partial charge in [0.05, 0.1) is 6.10 Å². The summed E-state index contributed by atoms with van der Waals surface area (Å²) in [7, 11) is 0. The van der Waals surface area contributed by atoms with E-state index in [0.717, 1.165) is 12.5 Å². The summed E-state index contributed by atoms with van der Waals surface area (Å²) in [5.74, 6) is -0.145. The molecule has 1 aromatic heterocycles. The number of nitrogens with one attached hydrogen (secondary N) is 1. The maximum Gasteiger partial charge on any atom is 0.433 e. The van der Waals surface area contributed by atoms with Crippen LogP contribution in [-0.2, 0) is 6.18 Å². The lowest BCUT2D eigenvalue weighted by Gasteiger charge is -2.13. The molecule has 0 aliphatic carbocycles. The van der Waals surface area contributed by atoms with E-state index in [-0.39, 0.29) is 17.9 Å². The zero-order chi connectivity index (χ0) is 13.8. The fourth-order valence-corrected chi connectivity index (χ4v) is 1.19. The van der Waals surface area contributed by atoms with Crippen molar-refractivity contribution in [3.8, 4) is 5.88 Å². The van der Waals surface area contributed by atoms with Gasteiger partial charge in [-0.15, -0.1) is 0 Å². The number of hydrogen-bond acceptors (Lipinski definition) is 4. The molecule has 1 aromatic rings. The van der Waals surface area contributed by atoms with Crippen molar-refractivity contribution in [2.24, 2.45) is 0 Å². The van der Waals surface area contributed by atoms with Crippen molar-refractivity contribution in [3.63, 3.8) is 0 Å². The minimum atomic E-state index is -4.51. The summed E-state index contributed by atoms with van der Waals surface area (Å²) in [5.41, 5.74) is -1.01. The van der Waals surface area contributed by atoms with Gasteiger partial charge in [-0.2, -0.15) is 18.2 Å². The van der Waals surface area contributed by atoms with E-state index in [0.29, 0.717) is 6.54 Å². The molecule has 0 atom stereocenters. The molecular formula is C11H16F3N3O. The monoisotopic (exact) mass is 263 g/mol. The maximum atomic E-state index is 12.6. The Morgan fingerprint density at radius 3 is 2.50 bits per heavy atom. The van der Waals surface area contributed by atoms with E-state index in [2.05, 4.69) is 15.3 Å². The SMILES string of the molecule is CCCNc1nc(OC(C)C)cc(C(F)(F)F)n1. The van der Waals surface area contributed by atoms with Crippen LogP contribution in [0.3, 0.4) is 0 Å². The molecule has 0 aliphatic rings. The highest BCUT2D eigenvalue weighted by Crippen LogP contribution is 2.30. The van der Waals surface area contributed by atoms with E-state index >= 15 is 0 Å². The Bertz CT molecular complexity index is 394. The lowest BCUT2D eigenvalue weighted by atomic mass is 10.4. The number of hydrogen-bond donors (Lipinski definition) is 1. The average Bonchev–Trinajstić information content (AvgIpc) is 2.24. The van der Waals surface area contributed by atoms with Gasteiger partial charge in [0.1, 0.15) is 0 Å². The Balaban J connectivity index is 3.03. The number of aromatic nitrogens is 2. The summed E-state index contributed by atoms with van der Waals surface area (Å²) in [4.78, 5) is 7.30. The summed E-state index contributed by atoms with van der Waals surface area (Å²) >= 11 is 0. The van der Waals surface area contributed by atoms with Crippen molar-refractivity contribution in [1.82, 2.24) is 9.97 Å². The van der Waals surface area contributed by atoms with Gasteiger partial charge in [-0.3, -0.25) is 0 Å². The first-order valence-corrected chi connectivity index (χ1v) is 5.69. The minimum absolute atomic E-state index is 0.0673. The first-order chi connectivity index (χ1) is 8.32. The Labute approximate surface area is 104 Å². The standard InChI is InChI=1S/C11H16F3N3O/c1-4-5-15-10-16-8(11(12,13)14)6-9(17-10)18-7(2)3/h6-7H,4-5H2,1-3H3,(H,15,16,17). The van der Waals surface area contributed by atoms with Crippen molar-refractivity contribution in [1.29, 1.82) is 0 Å². The van der Waals surface area contributed by atoms with Gasteiger partial charge >= 0.3 is 6.18 Å². The second-order valence-electron chi connectivity index (χ2n) is 4.01. The zero-order valence-corrected chi connectivity index (χ0v) is 10.5. The van der Waals surface area contributed by atoms with E-state index in [1.165, 1.54) is 0 Å². The topological polar surface area (TPSA) is 47.0 Å². The Morgan fingerprint density at radius 1 is 1.33 bits per heavy atom. The van der Waals surface area contributed by atoms with Gasteiger partial charge in [0.2, 0.25) is 11.8 Å². The molecule has 0 bridgehead atoms. The van der Waals surface area contributed by atoms with Crippen LogP contribution in [0.25, 0.3) is 0 Å². The van der Waals surface area contributed by atoms with Crippen molar-refractivity contribution in [2.45, 2.75) is 39.5 Å². The molecule has 18 heavy (non-hydrogen) atoms. The highest BCUT2D eigenvalue weighted by molar-refractivity contribution is 5.32. The number of halogens is 3. The molecule has 0 saturated heterocycles. The quantitative estimate of drug-likeness (QED) is 0.886. The van der Waals surface area contributed by atoms with Crippen molar-refractivity contribution in [3.05, 3.63) is 11.8 Å². The average molecular weight is 263 g/mol. The van der Waals surface area contributed by atoms with Crippen LogP contribution in [0.2, 0.25) is 0 Å². The molecule has 0 spiro atoms. The number of nitrogens with zero attached hydrogens (tertiary/aromatic N) is 2. The van der Waals surface area contributed by atoms with Crippen LogP contribution in [-0.4, -0.2) is 22.6 Å². The van der Waals surface area contributed by atoms with Gasteiger partial charge in [0.25, 0.3) is 0 Å². The van der Waals surface area contributed by atoms with E-state index in [1.807, 2.05) is 6.92 Å². The second kappa shape index (κ2) is 5.88.